The normalized spacial score (nSPS) is 13.0. The van der Waals surface area contributed by atoms with E-state index >= 15 is 0 Å². The van der Waals surface area contributed by atoms with Crippen LogP contribution >= 0.6 is 0 Å². The average Bonchev–Trinajstić information content (AvgIpc) is 3.13. The molecule has 0 radical (unpaired) electrons. The van der Waals surface area contributed by atoms with E-state index in [1.54, 1.807) is 33.0 Å². The first kappa shape index (κ1) is 40.7. The van der Waals surface area contributed by atoms with Gasteiger partial charge in [0.25, 0.3) is 10.9 Å². The van der Waals surface area contributed by atoms with Crippen LogP contribution in [0.2, 0.25) is 0 Å². The van der Waals surface area contributed by atoms with Crippen molar-refractivity contribution in [3.63, 3.8) is 0 Å². The number of rotatable bonds is 21. The number of carbonyl (C=O) groups is 3. The average molecular weight is 756 g/mol. The molecule has 4 rings (SSSR count). The number of benzene rings is 1. The molecule has 1 unspecified atom stereocenters. The van der Waals surface area contributed by atoms with Gasteiger partial charge in [0.15, 0.2) is 16.0 Å². The lowest BCUT2D eigenvalue weighted by atomic mass is 10.1. The van der Waals surface area contributed by atoms with Gasteiger partial charge in [-0.1, -0.05) is 6.07 Å². The molecule has 2 heterocycles. The summed E-state index contributed by atoms with van der Waals surface area (Å²) in [7, 11) is -1.27. The summed E-state index contributed by atoms with van der Waals surface area (Å²) in [4.78, 5) is 65.1. The number of anilines is 3. The molecule has 17 heteroatoms. The van der Waals surface area contributed by atoms with Crippen molar-refractivity contribution in [2.45, 2.75) is 76.3 Å². The molecule has 1 aromatic heterocycles. The molecule has 3 aromatic rings. The molecule has 6 N–H and O–H groups in total. The Morgan fingerprint density at radius 2 is 1.68 bits per heavy atom. The lowest BCUT2D eigenvalue weighted by molar-refractivity contribution is -0.146. The molecule has 53 heavy (non-hydrogen) atoms. The number of esters is 1. The highest BCUT2D eigenvalue weighted by molar-refractivity contribution is 7.91. The van der Waals surface area contributed by atoms with Gasteiger partial charge in [-0.15, -0.1) is 0 Å². The van der Waals surface area contributed by atoms with Crippen LogP contribution in [0.1, 0.15) is 60.9 Å². The van der Waals surface area contributed by atoms with Crippen LogP contribution in [0.3, 0.4) is 0 Å². The fourth-order valence-corrected chi connectivity index (χ4v) is 7.72. The van der Waals surface area contributed by atoms with E-state index in [-0.39, 0.29) is 54.7 Å². The lowest BCUT2D eigenvalue weighted by Gasteiger charge is -2.19. The lowest BCUT2D eigenvalue weighted by Crippen LogP contribution is -2.52. The summed E-state index contributed by atoms with van der Waals surface area (Å²) in [5.74, 6) is -0.745. The minimum atomic E-state index is -3.97. The molecule has 2 aromatic carbocycles. The van der Waals surface area contributed by atoms with Gasteiger partial charge in [0.1, 0.15) is 28.8 Å². The van der Waals surface area contributed by atoms with E-state index in [0.29, 0.717) is 42.6 Å². The summed E-state index contributed by atoms with van der Waals surface area (Å²) in [6.45, 7) is 4.90. The number of methoxy groups -OCH3 is 1. The molecule has 1 aliphatic rings. The summed E-state index contributed by atoms with van der Waals surface area (Å²) >= 11 is 0. The number of aryl methyl sites for hydroxylation is 4. The monoisotopic (exact) mass is 755 g/mol. The van der Waals surface area contributed by atoms with E-state index < -0.39 is 44.6 Å². The second-order valence-electron chi connectivity index (χ2n) is 12.8. The topological polar surface area (TPSA) is 223 Å². The van der Waals surface area contributed by atoms with Crippen LogP contribution < -0.4 is 47.5 Å². The molecule has 0 aliphatic carbocycles. The highest BCUT2D eigenvalue weighted by atomic mass is 32.2. The predicted molar refractivity (Wildman–Crippen MR) is 201 cm³/mol. The number of aromatic nitrogens is 1. The van der Waals surface area contributed by atoms with Crippen molar-refractivity contribution in [3.8, 4) is 5.75 Å². The van der Waals surface area contributed by atoms with Gasteiger partial charge in [0.05, 0.1) is 18.6 Å². The van der Waals surface area contributed by atoms with Crippen LogP contribution in [-0.2, 0) is 41.8 Å². The van der Waals surface area contributed by atoms with Gasteiger partial charge in [0.2, 0.25) is 11.8 Å². The van der Waals surface area contributed by atoms with Crippen molar-refractivity contribution in [3.05, 3.63) is 67.1 Å². The number of sulfone groups is 1. The summed E-state index contributed by atoms with van der Waals surface area (Å²) in [5, 5.41) is 16.7. The fraction of sp³-hybridized carbons (Fsp3) is 0.500. The van der Waals surface area contributed by atoms with Gasteiger partial charge in [-0.25, -0.2) is 18.2 Å². The Bertz CT molecular complexity index is 1940. The number of fused-ring (bicyclic) bond motifs is 1. The third kappa shape index (κ3) is 11.2. The molecule has 288 valence electrons. The molecular weight excluding hydrogens is 707 g/mol. The molecule has 16 nitrogen and oxygen atoms in total. The summed E-state index contributed by atoms with van der Waals surface area (Å²) < 4.78 is 37.4. The number of hydrogen-bond donors (Lipinski definition) is 6. The molecule has 0 spiro atoms. The van der Waals surface area contributed by atoms with Crippen LogP contribution in [0.25, 0.3) is 0 Å². The Morgan fingerprint density at radius 1 is 0.962 bits per heavy atom. The van der Waals surface area contributed by atoms with E-state index in [4.69, 9.17) is 9.47 Å². The Kier molecular flexibility index (Phi) is 14.7. The molecule has 0 saturated carbocycles. The predicted octanol–water partition coefficient (Wildman–Crippen LogP) is 1.43. The number of ether oxygens (including phenoxy) is 2. The summed E-state index contributed by atoms with van der Waals surface area (Å²) in [6.07, 6.45) is 3.40. The molecule has 0 bridgehead atoms. The summed E-state index contributed by atoms with van der Waals surface area (Å²) in [5.41, 5.74) is 2.29. The maximum Gasteiger partial charge on any atom is 0.343 e. The first-order chi connectivity index (χ1) is 25.3. The highest BCUT2D eigenvalue weighted by Crippen LogP contribution is 2.27. The van der Waals surface area contributed by atoms with E-state index in [2.05, 4.69) is 43.0 Å². The standard InChI is InChI=1S/C36H49N7O9S/c1-22-19-26(52-18-8-12-27(44)38-16-17-39-30-29(37-3)31(46)32(30)47)20-23(2)33(22)53(49,50)21-41-35(36(48)51-4)43-28(45)11-6-5-10-25-14-13-24-9-7-15-40-34(24)42-25/h13-14,19-20,35,37,39,41H,5-12,15-18,21H2,1-4H3,(H,38,44)(H,40,42)(H,43,45). The van der Waals surface area contributed by atoms with E-state index in [1.807, 2.05) is 6.07 Å². The molecule has 2 amide bonds. The van der Waals surface area contributed by atoms with Crippen molar-refractivity contribution in [2.24, 2.45) is 0 Å². The van der Waals surface area contributed by atoms with Crippen LogP contribution in [0.5, 0.6) is 5.75 Å². The minimum absolute atomic E-state index is 0.0665. The zero-order valence-corrected chi connectivity index (χ0v) is 31.4. The SMILES string of the molecule is CNc1c(NCCNC(=O)CCCOc2cc(C)c(S(=O)(=O)CNC(NC(=O)CCCCc3ccc4c(n3)NCCC4)C(=O)OC)c(C)c2)c(=O)c1=O. The smallest absolute Gasteiger partial charge is 0.343 e. The van der Waals surface area contributed by atoms with Crippen LogP contribution in [-0.4, -0.2) is 83.6 Å². The van der Waals surface area contributed by atoms with E-state index in [1.165, 1.54) is 5.56 Å². The van der Waals surface area contributed by atoms with Crippen molar-refractivity contribution in [1.29, 1.82) is 0 Å². The number of carbonyl (C=O) groups excluding carboxylic acids is 3. The molecule has 0 fully saturated rings. The molecule has 1 atom stereocenters. The zero-order chi connectivity index (χ0) is 38.5. The first-order valence-corrected chi connectivity index (χ1v) is 19.3. The fourth-order valence-electron chi connectivity index (χ4n) is 6.09. The number of nitrogens with zero attached hydrogens (tertiary/aromatic N) is 1. The van der Waals surface area contributed by atoms with Gasteiger partial charge < -0.3 is 36.1 Å². The van der Waals surface area contributed by atoms with Crippen molar-refractivity contribution in [1.82, 2.24) is 20.9 Å². The third-order valence-corrected chi connectivity index (χ3v) is 10.5. The second-order valence-corrected chi connectivity index (χ2v) is 14.7. The second kappa shape index (κ2) is 19.2. The summed E-state index contributed by atoms with van der Waals surface area (Å²) in [6, 6.07) is 7.27. The van der Waals surface area contributed by atoms with Crippen molar-refractivity contribution >= 4 is 44.8 Å². The Balaban J connectivity index is 1.19. The number of hydrogen-bond acceptors (Lipinski definition) is 14. The van der Waals surface area contributed by atoms with Crippen molar-refractivity contribution in [2.75, 3.05) is 62.2 Å². The quantitative estimate of drug-likeness (QED) is 0.0392. The van der Waals surface area contributed by atoms with Gasteiger partial charge in [0, 0.05) is 45.2 Å². The Morgan fingerprint density at radius 3 is 2.40 bits per heavy atom. The van der Waals surface area contributed by atoms with Crippen molar-refractivity contribution < 1.29 is 32.3 Å². The Hall–Kier alpha value is -5.03. The zero-order valence-electron chi connectivity index (χ0n) is 30.6. The largest absolute Gasteiger partial charge is 0.494 e. The molecule has 1 aliphatic heterocycles. The molecular formula is C36H49N7O9S. The van der Waals surface area contributed by atoms with Crippen LogP contribution in [0, 0.1) is 13.8 Å². The highest BCUT2D eigenvalue weighted by Gasteiger charge is 2.27. The Labute approximate surface area is 308 Å². The maximum atomic E-state index is 13.4. The number of unbranched alkanes of at least 4 members (excludes halogenated alkanes) is 1. The van der Waals surface area contributed by atoms with E-state index in [9.17, 15) is 32.4 Å². The number of amides is 2. The van der Waals surface area contributed by atoms with Crippen LogP contribution in [0.4, 0.5) is 17.2 Å². The van der Waals surface area contributed by atoms with E-state index in [0.717, 1.165) is 38.0 Å². The van der Waals surface area contributed by atoms with Gasteiger partial charge >= 0.3 is 5.97 Å². The van der Waals surface area contributed by atoms with Gasteiger partial charge in [-0.2, -0.15) is 0 Å². The molecule has 0 saturated heterocycles. The number of nitrogens with one attached hydrogen (secondary N) is 6. The van der Waals surface area contributed by atoms with Crippen LogP contribution in [0.15, 0.2) is 38.8 Å². The first-order valence-electron chi connectivity index (χ1n) is 17.7. The van der Waals surface area contributed by atoms with Gasteiger partial charge in [-0.3, -0.25) is 24.5 Å². The minimum Gasteiger partial charge on any atom is -0.494 e. The number of pyridine rings is 1. The van der Waals surface area contributed by atoms with Gasteiger partial charge in [-0.05, 0) is 87.3 Å². The maximum absolute atomic E-state index is 13.4. The third-order valence-electron chi connectivity index (χ3n) is 8.73.